The number of hydrogen-bond acceptors (Lipinski definition) is 3. The lowest BCUT2D eigenvalue weighted by molar-refractivity contribution is 0.194. The van der Waals surface area contributed by atoms with E-state index in [1.54, 1.807) is 0 Å². The molecule has 1 aliphatic heterocycles. The average Bonchev–Trinajstić information content (AvgIpc) is 2.48. The summed E-state index contributed by atoms with van der Waals surface area (Å²) >= 11 is 0. The fourth-order valence-electron chi connectivity index (χ4n) is 3.01. The third-order valence-corrected chi connectivity index (χ3v) is 4.29. The highest BCUT2D eigenvalue weighted by atomic mass is 35.5. The second-order valence-electron chi connectivity index (χ2n) is 5.82. The number of aromatic nitrogens is 1. The van der Waals surface area contributed by atoms with Gasteiger partial charge in [0.2, 0.25) is 0 Å². The Balaban J connectivity index is 0.00000161. The second-order valence-corrected chi connectivity index (χ2v) is 5.82. The van der Waals surface area contributed by atoms with Gasteiger partial charge in [-0.3, -0.25) is 9.88 Å². The van der Waals surface area contributed by atoms with Crippen LogP contribution in [0.25, 0.3) is 10.9 Å². The maximum Gasteiger partial charge on any atom is 0.0705 e. The van der Waals surface area contributed by atoms with Crippen LogP contribution in [0.5, 0.6) is 0 Å². The summed E-state index contributed by atoms with van der Waals surface area (Å²) in [5.74, 6) is 0. The van der Waals surface area contributed by atoms with Crippen LogP contribution in [0.3, 0.4) is 0 Å². The van der Waals surface area contributed by atoms with E-state index in [0.29, 0.717) is 6.04 Å². The van der Waals surface area contributed by atoms with Gasteiger partial charge in [0.1, 0.15) is 0 Å². The van der Waals surface area contributed by atoms with Gasteiger partial charge < -0.3 is 5.32 Å². The van der Waals surface area contributed by atoms with Gasteiger partial charge in [-0.25, -0.2) is 0 Å². The highest BCUT2D eigenvalue weighted by Crippen LogP contribution is 2.18. The van der Waals surface area contributed by atoms with Crippen LogP contribution in [-0.2, 0) is 6.54 Å². The first-order valence-corrected chi connectivity index (χ1v) is 7.50. The van der Waals surface area contributed by atoms with Gasteiger partial charge in [0, 0.05) is 23.7 Å². The summed E-state index contributed by atoms with van der Waals surface area (Å²) in [4.78, 5) is 7.11. The molecule has 0 radical (unpaired) electrons. The number of pyridine rings is 1. The molecule has 0 amide bonds. The largest absolute Gasteiger partial charge is 0.317 e. The van der Waals surface area contributed by atoms with Crippen molar-refractivity contribution in [1.82, 2.24) is 15.2 Å². The minimum absolute atomic E-state index is 0. The van der Waals surface area contributed by atoms with Crippen molar-refractivity contribution in [3.05, 3.63) is 41.6 Å². The lowest BCUT2D eigenvalue weighted by atomic mass is 10.0. The first kappa shape index (κ1) is 16.2. The molecule has 1 aliphatic rings. The van der Waals surface area contributed by atoms with Crippen molar-refractivity contribution in [2.45, 2.75) is 32.4 Å². The smallest absolute Gasteiger partial charge is 0.0705 e. The third kappa shape index (κ3) is 3.94. The number of piperidine rings is 1. The van der Waals surface area contributed by atoms with Crippen LogP contribution in [0.2, 0.25) is 0 Å². The van der Waals surface area contributed by atoms with E-state index in [0.717, 1.165) is 17.8 Å². The van der Waals surface area contributed by atoms with E-state index < -0.39 is 0 Å². The number of benzene rings is 1. The molecule has 3 nitrogen and oxygen atoms in total. The van der Waals surface area contributed by atoms with Crippen LogP contribution < -0.4 is 5.32 Å². The van der Waals surface area contributed by atoms with Crippen LogP contribution in [-0.4, -0.2) is 36.1 Å². The highest BCUT2D eigenvalue weighted by Gasteiger charge is 2.17. The van der Waals surface area contributed by atoms with E-state index in [2.05, 4.69) is 52.6 Å². The molecule has 1 aromatic carbocycles. The predicted octanol–water partition coefficient (Wildman–Crippen LogP) is 3.15. The summed E-state index contributed by atoms with van der Waals surface area (Å²) in [6.07, 6.45) is 2.51. The Morgan fingerprint density at radius 1 is 1.19 bits per heavy atom. The molecule has 0 saturated carbocycles. The molecule has 4 heteroatoms. The van der Waals surface area contributed by atoms with Crippen LogP contribution in [0.4, 0.5) is 0 Å². The summed E-state index contributed by atoms with van der Waals surface area (Å²) in [6, 6.07) is 11.6. The fraction of sp³-hybridized carbons (Fsp3) is 0.471. The van der Waals surface area contributed by atoms with Crippen molar-refractivity contribution < 1.29 is 0 Å². The Morgan fingerprint density at radius 3 is 2.67 bits per heavy atom. The van der Waals surface area contributed by atoms with Crippen molar-refractivity contribution in [3.63, 3.8) is 0 Å². The summed E-state index contributed by atoms with van der Waals surface area (Å²) in [6.45, 7) is 5.48. The number of hydrogen-bond donors (Lipinski definition) is 1. The van der Waals surface area contributed by atoms with Gasteiger partial charge in [-0.15, -0.1) is 12.4 Å². The molecule has 3 rings (SSSR count). The third-order valence-electron chi connectivity index (χ3n) is 4.29. The van der Waals surface area contributed by atoms with E-state index in [-0.39, 0.29) is 12.4 Å². The molecule has 1 N–H and O–H groups in total. The molecule has 114 valence electrons. The number of aryl methyl sites for hydroxylation is 1. The monoisotopic (exact) mass is 305 g/mol. The lowest BCUT2D eigenvalue weighted by Crippen LogP contribution is -2.40. The molecule has 1 aromatic heterocycles. The van der Waals surface area contributed by atoms with E-state index in [9.17, 15) is 0 Å². The average molecular weight is 306 g/mol. The van der Waals surface area contributed by atoms with Crippen molar-refractivity contribution in [2.75, 3.05) is 20.1 Å². The number of nitrogens with zero attached hydrogens (tertiary/aromatic N) is 2. The van der Waals surface area contributed by atoms with Crippen molar-refractivity contribution in [3.8, 4) is 0 Å². The quantitative estimate of drug-likeness (QED) is 0.944. The molecule has 2 heterocycles. The van der Waals surface area contributed by atoms with Crippen LogP contribution in [0.15, 0.2) is 30.3 Å². The molecule has 2 aromatic rings. The SMILES string of the molecule is CNC1CCN(Cc2ccc3nc(C)ccc3c2)CC1.Cl. The highest BCUT2D eigenvalue weighted by molar-refractivity contribution is 5.85. The molecular formula is C17H24ClN3. The number of rotatable bonds is 3. The maximum absolute atomic E-state index is 4.56. The Bertz CT molecular complexity index is 592. The summed E-state index contributed by atoms with van der Waals surface area (Å²) in [7, 11) is 2.07. The second kappa shape index (κ2) is 7.21. The fourth-order valence-corrected chi connectivity index (χ4v) is 3.01. The van der Waals surface area contributed by atoms with Gasteiger partial charge in [-0.2, -0.15) is 0 Å². The first-order chi connectivity index (χ1) is 9.74. The van der Waals surface area contributed by atoms with E-state index in [1.807, 2.05) is 6.92 Å². The van der Waals surface area contributed by atoms with E-state index in [1.165, 1.54) is 36.9 Å². The predicted molar refractivity (Wildman–Crippen MR) is 91.1 cm³/mol. The van der Waals surface area contributed by atoms with Gasteiger partial charge in [-0.05, 0) is 63.7 Å². The Labute approximate surface area is 133 Å². The van der Waals surface area contributed by atoms with Crippen molar-refractivity contribution in [1.29, 1.82) is 0 Å². The summed E-state index contributed by atoms with van der Waals surface area (Å²) in [5.41, 5.74) is 3.58. The van der Waals surface area contributed by atoms with E-state index >= 15 is 0 Å². The number of likely N-dealkylation sites (tertiary alicyclic amines) is 1. The van der Waals surface area contributed by atoms with Crippen molar-refractivity contribution in [2.24, 2.45) is 0 Å². The molecule has 1 saturated heterocycles. The Morgan fingerprint density at radius 2 is 1.95 bits per heavy atom. The minimum atomic E-state index is 0. The normalized spacial score (nSPS) is 16.9. The number of halogens is 1. The minimum Gasteiger partial charge on any atom is -0.317 e. The van der Waals surface area contributed by atoms with Crippen molar-refractivity contribution >= 4 is 23.3 Å². The van der Waals surface area contributed by atoms with Gasteiger partial charge in [0.15, 0.2) is 0 Å². The zero-order valence-corrected chi connectivity index (χ0v) is 13.6. The first-order valence-electron chi connectivity index (χ1n) is 7.50. The molecular weight excluding hydrogens is 282 g/mol. The van der Waals surface area contributed by atoms with Gasteiger partial charge in [0.25, 0.3) is 0 Å². The molecule has 0 bridgehead atoms. The standard InChI is InChI=1S/C17H23N3.ClH/c1-13-3-5-15-11-14(4-6-17(15)19-13)12-20-9-7-16(18-2)8-10-20;/h3-6,11,16,18H,7-10,12H2,1-2H3;1H. The molecule has 0 unspecified atom stereocenters. The number of nitrogens with one attached hydrogen (secondary N) is 1. The molecule has 0 atom stereocenters. The van der Waals surface area contributed by atoms with Crippen LogP contribution >= 0.6 is 12.4 Å². The lowest BCUT2D eigenvalue weighted by Gasteiger charge is -2.31. The Hall–Kier alpha value is -1.16. The van der Waals surface area contributed by atoms with Crippen LogP contribution in [0.1, 0.15) is 24.1 Å². The maximum atomic E-state index is 4.56. The van der Waals surface area contributed by atoms with Gasteiger partial charge in [0.05, 0.1) is 5.52 Å². The zero-order chi connectivity index (χ0) is 13.9. The Kier molecular flexibility index (Phi) is 5.57. The molecule has 21 heavy (non-hydrogen) atoms. The summed E-state index contributed by atoms with van der Waals surface area (Å²) in [5, 5.41) is 4.63. The topological polar surface area (TPSA) is 28.2 Å². The van der Waals surface area contributed by atoms with Gasteiger partial charge >= 0.3 is 0 Å². The zero-order valence-electron chi connectivity index (χ0n) is 12.8. The molecule has 0 spiro atoms. The number of fused-ring (bicyclic) bond motifs is 1. The molecule has 0 aliphatic carbocycles. The van der Waals surface area contributed by atoms with E-state index in [4.69, 9.17) is 0 Å². The van der Waals surface area contributed by atoms with Crippen LogP contribution in [0, 0.1) is 6.92 Å². The summed E-state index contributed by atoms with van der Waals surface area (Å²) < 4.78 is 0. The van der Waals surface area contributed by atoms with Gasteiger partial charge in [-0.1, -0.05) is 12.1 Å². The molecule has 1 fully saturated rings.